The van der Waals surface area contributed by atoms with Crippen LogP contribution in [0.2, 0.25) is 0 Å². The van der Waals surface area contributed by atoms with Gasteiger partial charge in [-0.05, 0) is 37.5 Å². The van der Waals surface area contributed by atoms with E-state index in [2.05, 4.69) is 30.6 Å². The minimum absolute atomic E-state index is 0.850. The normalized spacial score (nSPS) is 10.2. The Morgan fingerprint density at radius 2 is 1.19 bits per heavy atom. The van der Waals surface area contributed by atoms with Crippen LogP contribution in [-0.2, 0) is 4.79 Å². The molecule has 2 heteroatoms. The fraction of sp³-hybridized carbons (Fsp3) is 0.708. The van der Waals surface area contributed by atoms with Crippen LogP contribution in [0.1, 0.15) is 110 Å². The van der Waals surface area contributed by atoms with Crippen molar-refractivity contribution < 1.29 is 9.90 Å². The van der Waals surface area contributed by atoms with E-state index in [9.17, 15) is 4.79 Å². The molecule has 0 aromatic rings. The summed E-state index contributed by atoms with van der Waals surface area (Å²) in [7, 11) is 0. The van der Waals surface area contributed by atoms with Gasteiger partial charge in [-0.15, -0.1) is 0 Å². The van der Waals surface area contributed by atoms with Crippen LogP contribution < -0.4 is 0 Å². The quantitative estimate of drug-likeness (QED) is 0.185. The SMILES string of the molecule is CCCCCCCCCCCC#CC#CCCCCCCC=CC(=O)O. The van der Waals surface area contributed by atoms with Crippen molar-refractivity contribution in [2.45, 2.75) is 110 Å². The summed E-state index contributed by atoms with van der Waals surface area (Å²) in [5, 5.41) is 8.46. The van der Waals surface area contributed by atoms with Crippen molar-refractivity contribution >= 4 is 5.97 Å². The third-order valence-electron chi connectivity index (χ3n) is 4.33. The highest BCUT2D eigenvalue weighted by molar-refractivity contribution is 5.79. The number of hydrogen-bond acceptors (Lipinski definition) is 1. The van der Waals surface area contributed by atoms with Gasteiger partial charge >= 0.3 is 5.97 Å². The lowest BCUT2D eigenvalue weighted by Crippen LogP contribution is -1.85. The first-order valence-corrected chi connectivity index (χ1v) is 10.6. The molecule has 1 N–H and O–H groups in total. The summed E-state index contributed by atoms with van der Waals surface area (Å²) in [6, 6.07) is 0. The smallest absolute Gasteiger partial charge is 0.327 e. The van der Waals surface area contributed by atoms with Gasteiger partial charge in [0.15, 0.2) is 0 Å². The molecule has 0 radical (unpaired) electrons. The second kappa shape index (κ2) is 21.4. The average Bonchev–Trinajstić information content (AvgIpc) is 2.62. The van der Waals surface area contributed by atoms with E-state index in [1.54, 1.807) is 6.08 Å². The molecule has 0 aliphatic heterocycles. The largest absolute Gasteiger partial charge is 0.478 e. The molecule has 0 aliphatic rings. The first kappa shape index (κ1) is 24.3. The molecule has 2 nitrogen and oxygen atoms in total. The second-order valence-electron chi connectivity index (χ2n) is 6.88. The Labute approximate surface area is 161 Å². The minimum Gasteiger partial charge on any atom is -0.478 e. The van der Waals surface area contributed by atoms with Crippen molar-refractivity contribution in [3.63, 3.8) is 0 Å². The van der Waals surface area contributed by atoms with Crippen LogP contribution in [0.15, 0.2) is 12.2 Å². The molecule has 0 unspecified atom stereocenters. The molecule has 0 spiro atoms. The van der Waals surface area contributed by atoms with Gasteiger partial charge in [-0.3, -0.25) is 0 Å². The molecule has 0 atom stereocenters. The zero-order valence-corrected chi connectivity index (χ0v) is 16.8. The summed E-state index contributed by atoms with van der Waals surface area (Å²) in [6.45, 7) is 2.26. The van der Waals surface area contributed by atoms with Crippen LogP contribution in [0.4, 0.5) is 0 Å². The molecule has 0 aliphatic carbocycles. The zero-order chi connectivity index (χ0) is 19.1. The van der Waals surface area contributed by atoms with Crippen LogP contribution in [0.25, 0.3) is 0 Å². The summed E-state index contributed by atoms with van der Waals surface area (Å²) in [5.74, 6) is 11.3. The monoisotopic (exact) mass is 358 g/mol. The summed E-state index contributed by atoms with van der Waals surface area (Å²) in [4.78, 5) is 10.3. The summed E-state index contributed by atoms with van der Waals surface area (Å²) in [6.07, 6.45) is 22.3. The number of carbonyl (C=O) groups is 1. The molecule has 0 bridgehead atoms. The number of rotatable bonds is 16. The van der Waals surface area contributed by atoms with E-state index in [1.165, 1.54) is 63.9 Å². The topological polar surface area (TPSA) is 37.3 Å². The Bertz CT molecular complexity index is 468. The Hall–Kier alpha value is -1.67. The number of allylic oxidation sites excluding steroid dienone is 1. The highest BCUT2D eigenvalue weighted by Crippen LogP contribution is 2.10. The third-order valence-corrected chi connectivity index (χ3v) is 4.33. The highest BCUT2D eigenvalue weighted by atomic mass is 16.4. The van der Waals surface area contributed by atoms with Crippen molar-refractivity contribution in [2.24, 2.45) is 0 Å². The fourth-order valence-electron chi connectivity index (χ4n) is 2.75. The van der Waals surface area contributed by atoms with Crippen molar-refractivity contribution in [3.8, 4) is 23.7 Å². The van der Waals surface area contributed by atoms with Gasteiger partial charge in [-0.1, -0.05) is 89.0 Å². The van der Waals surface area contributed by atoms with E-state index in [4.69, 9.17) is 5.11 Å². The molecular formula is C24H38O2. The van der Waals surface area contributed by atoms with Gasteiger partial charge in [0.2, 0.25) is 0 Å². The molecule has 146 valence electrons. The fourth-order valence-corrected chi connectivity index (χ4v) is 2.75. The lowest BCUT2D eigenvalue weighted by molar-refractivity contribution is -0.131. The van der Waals surface area contributed by atoms with Gasteiger partial charge in [0.1, 0.15) is 0 Å². The van der Waals surface area contributed by atoms with Crippen LogP contribution in [-0.4, -0.2) is 11.1 Å². The van der Waals surface area contributed by atoms with E-state index in [0.29, 0.717) is 0 Å². The summed E-state index contributed by atoms with van der Waals surface area (Å²) < 4.78 is 0. The molecular weight excluding hydrogens is 320 g/mol. The molecule has 0 amide bonds. The number of carboxylic acid groups (broad SMARTS) is 1. The first-order chi connectivity index (χ1) is 12.8. The maximum absolute atomic E-state index is 10.3. The van der Waals surface area contributed by atoms with Gasteiger partial charge in [-0.2, -0.15) is 0 Å². The van der Waals surface area contributed by atoms with Gasteiger partial charge < -0.3 is 5.11 Å². The van der Waals surface area contributed by atoms with Crippen LogP contribution in [0.5, 0.6) is 0 Å². The molecule has 0 saturated carbocycles. The van der Waals surface area contributed by atoms with Gasteiger partial charge in [0.05, 0.1) is 0 Å². The van der Waals surface area contributed by atoms with Gasteiger partial charge in [0.25, 0.3) is 0 Å². The molecule has 0 aromatic carbocycles. The van der Waals surface area contributed by atoms with Gasteiger partial charge in [-0.25, -0.2) is 4.79 Å². The molecule has 0 fully saturated rings. The molecule has 0 saturated heterocycles. The molecule has 0 aromatic heterocycles. The molecule has 0 rings (SSSR count). The standard InChI is InChI=1S/C24H38O2/c1-2-3-4-5-6-7-8-9-10-11-12-13-14-15-16-17-18-19-20-21-22-23-24(25)26/h22-23H,2-11,16-21H2,1H3,(H,25,26). The maximum Gasteiger partial charge on any atom is 0.327 e. The lowest BCUT2D eigenvalue weighted by Gasteiger charge is -1.99. The highest BCUT2D eigenvalue weighted by Gasteiger charge is 1.91. The Balaban J connectivity index is 3.30. The Kier molecular flexibility index (Phi) is 20.0. The van der Waals surface area contributed by atoms with Gasteiger partial charge in [0, 0.05) is 18.9 Å². The summed E-state index contributed by atoms with van der Waals surface area (Å²) >= 11 is 0. The van der Waals surface area contributed by atoms with E-state index in [-0.39, 0.29) is 0 Å². The predicted octanol–water partition coefficient (Wildman–Crippen LogP) is 6.90. The third kappa shape index (κ3) is 22.3. The first-order valence-electron chi connectivity index (χ1n) is 10.6. The van der Waals surface area contributed by atoms with E-state index in [0.717, 1.165) is 44.9 Å². The number of carboxylic acids is 1. The zero-order valence-electron chi connectivity index (χ0n) is 16.8. The van der Waals surface area contributed by atoms with Crippen LogP contribution >= 0.6 is 0 Å². The van der Waals surface area contributed by atoms with E-state index in [1.807, 2.05) is 0 Å². The van der Waals surface area contributed by atoms with Crippen molar-refractivity contribution in [1.82, 2.24) is 0 Å². The number of unbranched alkanes of at least 4 members (excludes halogenated alkanes) is 14. The van der Waals surface area contributed by atoms with Crippen molar-refractivity contribution in [3.05, 3.63) is 12.2 Å². The van der Waals surface area contributed by atoms with Crippen LogP contribution in [0, 0.1) is 23.7 Å². The lowest BCUT2D eigenvalue weighted by atomic mass is 10.1. The van der Waals surface area contributed by atoms with E-state index < -0.39 is 5.97 Å². The van der Waals surface area contributed by atoms with Crippen LogP contribution in [0.3, 0.4) is 0 Å². The minimum atomic E-state index is -0.862. The average molecular weight is 359 g/mol. The Morgan fingerprint density at radius 3 is 1.69 bits per heavy atom. The second-order valence-corrected chi connectivity index (χ2v) is 6.88. The van der Waals surface area contributed by atoms with E-state index >= 15 is 0 Å². The van der Waals surface area contributed by atoms with Crippen molar-refractivity contribution in [1.29, 1.82) is 0 Å². The molecule has 26 heavy (non-hydrogen) atoms. The summed E-state index contributed by atoms with van der Waals surface area (Å²) in [5.41, 5.74) is 0. The Morgan fingerprint density at radius 1 is 0.731 bits per heavy atom. The maximum atomic E-state index is 10.3. The number of hydrogen-bond donors (Lipinski definition) is 1. The number of aliphatic carboxylic acids is 1. The molecule has 0 heterocycles. The van der Waals surface area contributed by atoms with Crippen molar-refractivity contribution in [2.75, 3.05) is 0 Å². The predicted molar refractivity (Wildman–Crippen MR) is 112 cm³/mol.